The molecule has 2 N–H and O–H groups in total. The third kappa shape index (κ3) is 4.20. The number of likely N-dealkylation sites (N-methyl/N-ethyl adjacent to an activating group) is 1. The fraction of sp³-hybridized carbons (Fsp3) is 0.857. The fourth-order valence-electron chi connectivity index (χ4n) is 2.22. The number of nitrogens with one attached hydrogen (secondary N) is 1. The highest BCUT2D eigenvalue weighted by Gasteiger charge is 2.36. The summed E-state index contributed by atoms with van der Waals surface area (Å²) in [6, 6.07) is 0.488. The van der Waals surface area contributed by atoms with Gasteiger partial charge in [0.05, 0.1) is 6.54 Å². The summed E-state index contributed by atoms with van der Waals surface area (Å²) >= 11 is 0. The fourth-order valence-corrected chi connectivity index (χ4v) is 2.22. The number of rotatable bonds is 7. The van der Waals surface area contributed by atoms with E-state index in [1.54, 1.807) is 0 Å². The highest BCUT2D eigenvalue weighted by molar-refractivity contribution is 5.82. The highest BCUT2D eigenvalue weighted by Crippen LogP contribution is 2.27. The van der Waals surface area contributed by atoms with Crippen molar-refractivity contribution in [3.05, 3.63) is 0 Å². The van der Waals surface area contributed by atoms with Gasteiger partial charge in [-0.1, -0.05) is 27.7 Å². The van der Waals surface area contributed by atoms with Crippen LogP contribution in [0, 0.1) is 5.41 Å². The van der Waals surface area contributed by atoms with Crippen molar-refractivity contribution in [1.29, 1.82) is 0 Å². The molecule has 5 nitrogen and oxygen atoms in total. The molecule has 0 unspecified atom stereocenters. The number of aliphatic carboxylic acids is 1. The van der Waals surface area contributed by atoms with Gasteiger partial charge in [-0.15, -0.1) is 0 Å². The van der Waals surface area contributed by atoms with Gasteiger partial charge in [0.15, 0.2) is 0 Å². The van der Waals surface area contributed by atoms with E-state index in [0.29, 0.717) is 0 Å². The van der Waals surface area contributed by atoms with Crippen LogP contribution in [0.2, 0.25) is 0 Å². The van der Waals surface area contributed by atoms with Gasteiger partial charge in [-0.25, -0.2) is 0 Å². The van der Waals surface area contributed by atoms with Crippen LogP contribution < -0.4 is 5.32 Å². The summed E-state index contributed by atoms with van der Waals surface area (Å²) in [5, 5.41) is 11.9. The molecule has 0 aromatic heterocycles. The average Bonchev–Trinajstić information content (AvgIpc) is 2.30. The summed E-state index contributed by atoms with van der Waals surface area (Å²) in [5.41, 5.74) is -0.323. The molecule has 110 valence electrons. The lowest BCUT2D eigenvalue weighted by Gasteiger charge is -2.43. The van der Waals surface area contributed by atoms with Crippen molar-refractivity contribution in [3.8, 4) is 0 Å². The van der Waals surface area contributed by atoms with E-state index in [1.165, 1.54) is 0 Å². The van der Waals surface area contributed by atoms with Crippen molar-refractivity contribution >= 4 is 11.9 Å². The SMILES string of the molecule is CCN(CC(=O)O)C1CC(NC(=O)C(C)(C)CC)C1. The Morgan fingerprint density at radius 2 is 1.89 bits per heavy atom. The lowest BCUT2D eigenvalue weighted by molar-refractivity contribution is -0.140. The van der Waals surface area contributed by atoms with E-state index in [2.05, 4.69) is 5.32 Å². The van der Waals surface area contributed by atoms with Crippen molar-refractivity contribution in [2.45, 2.75) is 59.0 Å². The smallest absolute Gasteiger partial charge is 0.317 e. The molecule has 0 spiro atoms. The van der Waals surface area contributed by atoms with Crippen molar-refractivity contribution in [3.63, 3.8) is 0 Å². The van der Waals surface area contributed by atoms with Crippen LogP contribution in [0.5, 0.6) is 0 Å². The van der Waals surface area contributed by atoms with Crippen LogP contribution in [0.25, 0.3) is 0 Å². The number of hydrogen-bond donors (Lipinski definition) is 2. The summed E-state index contributed by atoms with van der Waals surface area (Å²) in [6.45, 7) is 8.69. The minimum atomic E-state index is -0.790. The number of carbonyl (C=O) groups excluding carboxylic acids is 1. The van der Waals surface area contributed by atoms with Crippen LogP contribution in [0.4, 0.5) is 0 Å². The van der Waals surface area contributed by atoms with Crippen LogP contribution in [0.1, 0.15) is 47.0 Å². The lowest BCUT2D eigenvalue weighted by Crippen LogP contribution is -2.56. The Kier molecular flexibility index (Phi) is 5.35. The van der Waals surface area contributed by atoms with Gasteiger partial charge >= 0.3 is 5.97 Å². The number of amides is 1. The minimum absolute atomic E-state index is 0.0856. The zero-order chi connectivity index (χ0) is 14.6. The van der Waals surface area contributed by atoms with Gasteiger partial charge in [0.2, 0.25) is 5.91 Å². The van der Waals surface area contributed by atoms with Gasteiger partial charge in [0, 0.05) is 17.5 Å². The second-order valence-electron chi connectivity index (χ2n) is 5.99. The number of carbonyl (C=O) groups is 2. The van der Waals surface area contributed by atoms with E-state index >= 15 is 0 Å². The monoisotopic (exact) mass is 270 g/mol. The summed E-state index contributed by atoms with van der Waals surface area (Å²) in [6.07, 6.45) is 2.52. The zero-order valence-electron chi connectivity index (χ0n) is 12.4. The van der Waals surface area contributed by atoms with Crippen molar-refractivity contribution in [1.82, 2.24) is 10.2 Å². The molecule has 0 atom stereocenters. The average molecular weight is 270 g/mol. The Balaban J connectivity index is 2.37. The Bertz CT molecular complexity index is 336. The Hall–Kier alpha value is -1.10. The second kappa shape index (κ2) is 6.37. The molecule has 1 saturated carbocycles. The predicted molar refractivity (Wildman–Crippen MR) is 73.9 cm³/mol. The van der Waals surface area contributed by atoms with Gasteiger partial charge in [0.1, 0.15) is 0 Å². The topological polar surface area (TPSA) is 69.6 Å². The molecule has 5 heteroatoms. The molecule has 0 aromatic rings. The van der Waals surface area contributed by atoms with E-state index < -0.39 is 5.97 Å². The summed E-state index contributed by atoms with van der Waals surface area (Å²) in [5.74, 6) is -0.693. The molecule has 0 bridgehead atoms. The quantitative estimate of drug-likeness (QED) is 0.735. The van der Waals surface area contributed by atoms with Crippen molar-refractivity contribution in [2.75, 3.05) is 13.1 Å². The van der Waals surface area contributed by atoms with Gasteiger partial charge in [0.25, 0.3) is 0 Å². The first kappa shape index (κ1) is 16.0. The van der Waals surface area contributed by atoms with Crippen LogP contribution in [-0.4, -0.2) is 47.1 Å². The van der Waals surface area contributed by atoms with Gasteiger partial charge in [-0.2, -0.15) is 0 Å². The number of hydrogen-bond acceptors (Lipinski definition) is 3. The summed E-state index contributed by atoms with van der Waals surface area (Å²) in [4.78, 5) is 24.7. The molecule has 1 amide bonds. The van der Waals surface area contributed by atoms with Crippen LogP contribution in [0.3, 0.4) is 0 Å². The zero-order valence-corrected chi connectivity index (χ0v) is 12.4. The Labute approximate surface area is 115 Å². The molecule has 1 fully saturated rings. The predicted octanol–water partition coefficient (Wildman–Crippen LogP) is 1.48. The summed E-state index contributed by atoms with van der Waals surface area (Å²) < 4.78 is 0. The molecule has 0 radical (unpaired) electrons. The van der Waals surface area contributed by atoms with Gasteiger partial charge in [-0.3, -0.25) is 14.5 Å². The molecule has 19 heavy (non-hydrogen) atoms. The third-order valence-corrected chi connectivity index (χ3v) is 4.21. The minimum Gasteiger partial charge on any atom is -0.480 e. The standard InChI is InChI=1S/C14H26N2O3/c1-5-14(3,4)13(19)15-10-7-11(8-10)16(6-2)9-12(17)18/h10-11H,5-9H2,1-4H3,(H,15,19)(H,17,18). The van der Waals surface area contributed by atoms with Gasteiger partial charge < -0.3 is 10.4 Å². The molecule has 0 aromatic carbocycles. The van der Waals surface area contributed by atoms with Crippen molar-refractivity contribution in [2.24, 2.45) is 5.41 Å². The Morgan fingerprint density at radius 1 is 1.32 bits per heavy atom. The van der Waals surface area contributed by atoms with E-state index in [-0.39, 0.29) is 30.0 Å². The maximum Gasteiger partial charge on any atom is 0.317 e. The normalized spacial score (nSPS) is 23.0. The lowest BCUT2D eigenvalue weighted by atomic mass is 9.83. The molecule has 1 rings (SSSR count). The number of carboxylic acid groups (broad SMARTS) is 1. The second-order valence-corrected chi connectivity index (χ2v) is 5.99. The molecular formula is C14H26N2O3. The van der Waals surface area contributed by atoms with Crippen LogP contribution in [0.15, 0.2) is 0 Å². The molecule has 0 saturated heterocycles. The maximum absolute atomic E-state index is 12.0. The van der Waals surface area contributed by atoms with E-state index in [1.807, 2.05) is 32.6 Å². The van der Waals surface area contributed by atoms with Crippen LogP contribution in [-0.2, 0) is 9.59 Å². The van der Waals surface area contributed by atoms with Crippen LogP contribution >= 0.6 is 0 Å². The molecule has 1 aliphatic rings. The highest BCUT2D eigenvalue weighted by atomic mass is 16.4. The molecule has 0 heterocycles. The molecule has 1 aliphatic carbocycles. The first-order valence-electron chi connectivity index (χ1n) is 7.07. The molecular weight excluding hydrogens is 244 g/mol. The first-order valence-corrected chi connectivity index (χ1v) is 7.07. The number of carboxylic acids is 1. The molecule has 0 aliphatic heterocycles. The van der Waals surface area contributed by atoms with E-state index in [9.17, 15) is 9.59 Å². The largest absolute Gasteiger partial charge is 0.480 e. The van der Waals surface area contributed by atoms with Gasteiger partial charge in [-0.05, 0) is 25.8 Å². The maximum atomic E-state index is 12.0. The third-order valence-electron chi connectivity index (χ3n) is 4.21. The van der Waals surface area contributed by atoms with E-state index in [4.69, 9.17) is 5.11 Å². The first-order chi connectivity index (χ1) is 8.80. The number of nitrogens with zero attached hydrogens (tertiary/aromatic N) is 1. The Morgan fingerprint density at radius 3 is 2.32 bits per heavy atom. The van der Waals surface area contributed by atoms with E-state index in [0.717, 1.165) is 25.8 Å². The van der Waals surface area contributed by atoms with Crippen molar-refractivity contribution < 1.29 is 14.7 Å². The summed E-state index contributed by atoms with van der Waals surface area (Å²) in [7, 11) is 0.